The van der Waals surface area contributed by atoms with Gasteiger partial charge in [-0.3, -0.25) is 15.1 Å². The van der Waals surface area contributed by atoms with Gasteiger partial charge < -0.3 is 20.5 Å². The van der Waals surface area contributed by atoms with Gasteiger partial charge in [0.15, 0.2) is 5.75 Å². The molecule has 1 aliphatic heterocycles. The highest BCUT2D eigenvalue weighted by molar-refractivity contribution is 6.04. The molecule has 0 bridgehead atoms. The number of pyridine rings is 1. The number of nitro benzene ring substituents is 1. The van der Waals surface area contributed by atoms with Crippen LogP contribution in [0.3, 0.4) is 0 Å². The van der Waals surface area contributed by atoms with Crippen LogP contribution in [-0.4, -0.2) is 27.7 Å². The van der Waals surface area contributed by atoms with Gasteiger partial charge in [-0.25, -0.2) is 4.79 Å². The maximum absolute atomic E-state index is 12.9. The van der Waals surface area contributed by atoms with E-state index in [0.29, 0.717) is 16.8 Å². The molecule has 1 atom stereocenters. The molecule has 9 heteroatoms. The van der Waals surface area contributed by atoms with Crippen LogP contribution in [0.15, 0.2) is 79.0 Å². The maximum Gasteiger partial charge on any atom is 0.320 e. The Hall–Kier alpha value is -4.92. The fourth-order valence-electron chi connectivity index (χ4n) is 4.39. The summed E-state index contributed by atoms with van der Waals surface area (Å²) in [6.45, 7) is 1.91. The maximum atomic E-state index is 12.9. The lowest BCUT2D eigenvalue weighted by Gasteiger charge is -2.31. The smallest absolute Gasteiger partial charge is 0.320 e. The molecule has 9 nitrogen and oxygen atoms in total. The van der Waals surface area contributed by atoms with Gasteiger partial charge in [0.05, 0.1) is 28.8 Å². The van der Waals surface area contributed by atoms with Crippen molar-refractivity contribution >= 4 is 33.9 Å². The average Bonchev–Trinajstić information content (AvgIpc) is 2.89. The van der Waals surface area contributed by atoms with Crippen LogP contribution in [0.5, 0.6) is 11.5 Å². The number of fused-ring (bicyclic) bond motifs is 1. The van der Waals surface area contributed by atoms with Crippen LogP contribution in [0.4, 0.5) is 10.5 Å². The predicted octanol–water partition coefficient (Wildman–Crippen LogP) is 5.17. The summed E-state index contributed by atoms with van der Waals surface area (Å²) in [5, 5.41) is 28.8. The van der Waals surface area contributed by atoms with Gasteiger partial charge in [0.2, 0.25) is 5.75 Å². The Bertz CT molecular complexity index is 1520. The third kappa shape index (κ3) is 4.18. The number of nitrogens with one attached hydrogen (secondary N) is 2. The molecule has 2 heterocycles. The Kier molecular flexibility index (Phi) is 5.95. The zero-order valence-electron chi connectivity index (χ0n) is 19.3. The van der Waals surface area contributed by atoms with E-state index in [1.54, 1.807) is 13.1 Å². The van der Waals surface area contributed by atoms with E-state index in [4.69, 9.17) is 4.74 Å². The first-order valence-electron chi connectivity index (χ1n) is 11.3. The third-order valence-corrected chi connectivity index (χ3v) is 5.96. The number of carbonyl (C=O) groups is 1. The molecule has 4 aromatic rings. The summed E-state index contributed by atoms with van der Waals surface area (Å²) in [7, 11) is 0. The van der Waals surface area contributed by atoms with Crippen LogP contribution in [0, 0.1) is 10.1 Å². The van der Waals surface area contributed by atoms with E-state index in [1.165, 1.54) is 12.1 Å². The van der Waals surface area contributed by atoms with Crippen molar-refractivity contribution < 1.29 is 19.6 Å². The fraction of sp³-hybridized carbons (Fsp3) is 0.111. The van der Waals surface area contributed by atoms with Crippen LogP contribution in [0.2, 0.25) is 0 Å². The SMILES string of the molecule is CCOc1cc(C2NC(=O)NC(c3ccc4ncccc4c3)=C2c2ccccc2)cc([N+](=O)[O-])c1O. The number of amides is 2. The minimum absolute atomic E-state index is 0.0276. The zero-order chi connectivity index (χ0) is 25.2. The summed E-state index contributed by atoms with van der Waals surface area (Å²) >= 11 is 0. The number of phenols is 1. The molecule has 0 saturated heterocycles. The quantitative estimate of drug-likeness (QED) is 0.257. The summed E-state index contributed by atoms with van der Waals surface area (Å²) in [6.07, 6.45) is 1.71. The van der Waals surface area contributed by atoms with Gasteiger partial charge in [0.1, 0.15) is 0 Å². The van der Waals surface area contributed by atoms with Gasteiger partial charge in [-0.2, -0.15) is 0 Å². The molecule has 3 aromatic carbocycles. The highest BCUT2D eigenvalue weighted by Gasteiger charge is 2.33. The number of benzene rings is 3. The summed E-state index contributed by atoms with van der Waals surface area (Å²) in [6, 6.07) is 20.5. The topological polar surface area (TPSA) is 127 Å². The van der Waals surface area contributed by atoms with Crippen LogP contribution in [0.25, 0.3) is 22.2 Å². The second kappa shape index (κ2) is 9.38. The van der Waals surface area contributed by atoms with Gasteiger partial charge in [-0.05, 0) is 47.9 Å². The largest absolute Gasteiger partial charge is 0.500 e. The Labute approximate surface area is 206 Å². The summed E-state index contributed by atoms with van der Waals surface area (Å²) in [5.41, 5.74) is 3.55. The molecule has 5 rings (SSSR count). The van der Waals surface area contributed by atoms with Gasteiger partial charge in [0, 0.05) is 23.2 Å². The molecule has 3 N–H and O–H groups in total. The molecule has 36 heavy (non-hydrogen) atoms. The fourth-order valence-corrected chi connectivity index (χ4v) is 4.39. The Morgan fingerprint density at radius 1 is 1.06 bits per heavy atom. The van der Waals surface area contributed by atoms with Gasteiger partial charge in [-0.15, -0.1) is 0 Å². The van der Waals surface area contributed by atoms with E-state index >= 15 is 0 Å². The number of nitrogens with zero attached hydrogens (tertiary/aromatic N) is 2. The van der Waals surface area contributed by atoms with Crippen LogP contribution >= 0.6 is 0 Å². The Morgan fingerprint density at radius 2 is 1.86 bits per heavy atom. The zero-order valence-corrected chi connectivity index (χ0v) is 19.3. The molecule has 0 radical (unpaired) electrons. The highest BCUT2D eigenvalue weighted by Crippen LogP contribution is 2.44. The van der Waals surface area contributed by atoms with Crippen LogP contribution < -0.4 is 15.4 Å². The Morgan fingerprint density at radius 3 is 2.61 bits per heavy atom. The molecule has 0 fully saturated rings. The van der Waals surface area contributed by atoms with Crippen molar-refractivity contribution in [3.8, 4) is 11.5 Å². The van der Waals surface area contributed by atoms with Gasteiger partial charge in [-0.1, -0.05) is 42.5 Å². The van der Waals surface area contributed by atoms with E-state index in [9.17, 15) is 20.0 Å². The molecule has 1 aliphatic rings. The lowest BCUT2D eigenvalue weighted by atomic mass is 9.87. The summed E-state index contributed by atoms with van der Waals surface area (Å²) in [5.74, 6) is -0.585. The minimum atomic E-state index is -0.765. The molecule has 1 unspecified atom stereocenters. The number of carbonyl (C=O) groups excluding carboxylic acids is 1. The lowest BCUT2D eigenvalue weighted by Crippen LogP contribution is -2.43. The van der Waals surface area contributed by atoms with Gasteiger partial charge in [0.25, 0.3) is 0 Å². The number of phenolic OH excluding ortho intramolecular Hbond substituents is 1. The predicted molar refractivity (Wildman–Crippen MR) is 135 cm³/mol. The Balaban J connectivity index is 1.77. The first-order valence-corrected chi connectivity index (χ1v) is 11.3. The van der Waals surface area contributed by atoms with Crippen molar-refractivity contribution in [1.82, 2.24) is 15.6 Å². The number of rotatable bonds is 6. The molecule has 1 aromatic heterocycles. The van der Waals surface area contributed by atoms with E-state index < -0.39 is 28.4 Å². The average molecular weight is 482 g/mol. The molecule has 2 amide bonds. The molecule has 0 aliphatic carbocycles. The molecule has 180 valence electrons. The summed E-state index contributed by atoms with van der Waals surface area (Å²) in [4.78, 5) is 28.3. The lowest BCUT2D eigenvalue weighted by molar-refractivity contribution is -0.386. The third-order valence-electron chi connectivity index (χ3n) is 5.96. The van der Waals surface area contributed by atoms with Gasteiger partial charge >= 0.3 is 11.7 Å². The standard InChI is InChI=1S/C27H22N4O5/c1-2-36-22-15-19(14-21(26(22)32)31(34)35)25-23(16-7-4-3-5-8-16)24(29-27(33)30-25)18-10-11-20-17(13-18)9-6-12-28-20/h3-15,25,32H,2H2,1H3,(H2,29,30,33). The molecular weight excluding hydrogens is 460 g/mol. The number of urea groups is 1. The van der Waals surface area contributed by atoms with Crippen LogP contribution in [0.1, 0.15) is 29.7 Å². The van der Waals surface area contributed by atoms with E-state index in [-0.39, 0.29) is 12.4 Å². The highest BCUT2D eigenvalue weighted by atomic mass is 16.6. The van der Waals surface area contributed by atoms with Crippen molar-refractivity contribution in [3.63, 3.8) is 0 Å². The number of hydrogen-bond acceptors (Lipinski definition) is 6. The molecular formula is C27H22N4O5. The number of nitro groups is 1. The summed E-state index contributed by atoms with van der Waals surface area (Å²) < 4.78 is 5.48. The molecule has 0 saturated carbocycles. The van der Waals surface area contributed by atoms with E-state index in [1.807, 2.05) is 60.7 Å². The monoisotopic (exact) mass is 482 g/mol. The normalized spacial score (nSPS) is 15.4. The van der Waals surface area contributed by atoms with E-state index in [2.05, 4.69) is 15.6 Å². The van der Waals surface area contributed by atoms with Crippen molar-refractivity contribution in [3.05, 3.63) is 106 Å². The van der Waals surface area contributed by atoms with Crippen molar-refractivity contribution in [1.29, 1.82) is 0 Å². The first-order chi connectivity index (χ1) is 17.5. The van der Waals surface area contributed by atoms with Crippen molar-refractivity contribution in [2.45, 2.75) is 13.0 Å². The minimum Gasteiger partial charge on any atom is -0.500 e. The van der Waals surface area contributed by atoms with Crippen LogP contribution in [-0.2, 0) is 0 Å². The number of aromatic nitrogens is 1. The number of aromatic hydroxyl groups is 1. The second-order valence-corrected chi connectivity index (χ2v) is 8.17. The second-order valence-electron chi connectivity index (χ2n) is 8.17. The number of hydrogen-bond donors (Lipinski definition) is 3. The van der Waals surface area contributed by atoms with E-state index in [0.717, 1.165) is 22.0 Å². The number of ether oxygens (including phenoxy) is 1. The van der Waals surface area contributed by atoms with Crippen molar-refractivity contribution in [2.75, 3.05) is 6.61 Å². The van der Waals surface area contributed by atoms with Crippen molar-refractivity contribution in [2.24, 2.45) is 0 Å². The first kappa shape index (κ1) is 22.9. The molecule has 0 spiro atoms.